The van der Waals surface area contributed by atoms with Crippen LogP contribution in [-0.4, -0.2) is 27.4 Å². The topological polar surface area (TPSA) is 68.0 Å². The van der Waals surface area contributed by atoms with Gasteiger partial charge in [-0.1, -0.05) is 23.9 Å². The van der Waals surface area contributed by atoms with Gasteiger partial charge >= 0.3 is 0 Å². The predicted molar refractivity (Wildman–Crippen MR) is 86.1 cm³/mol. The third-order valence-corrected chi connectivity index (χ3v) is 3.86. The Kier molecular flexibility index (Phi) is 5.05. The maximum atomic E-state index is 11.7. The number of thioether (sulfide) groups is 1. The number of carbonyl (C=O) groups is 1. The number of halogens is 1. The van der Waals surface area contributed by atoms with E-state index in [0.29, 0.717) is 11.1 Å². The van der Waals surface area contributed by atoms with Crippen LogP contribution in [0.1, 0.15) is 20.8 Å². The molecule has 1 aromatic heterocycles. The molecule has 0 bridgehead atoms. The predicted octanol–water partition coefficient (Wildman–Crippen LogP) is 3.51. The quantitative estimate of drug-likeness (QED) is 0.835. The van der Waals surface area contributed by atoms with Gasteiger partial charge in [0.25, 0.3) is 5.22 Å². The molecule has 0 fully saturated rings. The van der Waals surface area contributed by atoms with Gasteiger partial charge in [-0.25, -0.2) is 0 Å². The fourth-order valence-corrected chi connectivity index (χ4v) is 2.61. The molecule has 21 heavy (non-hydrogen) atoms. The highest BCUT2D eigenvalue weighted by Gasteiger charge is 2.16. The van der Waals surface area contributed by atoms with Crippen molar-refractivity contribution in [1.29, 1.82) is 0 Å². The number of aromatic nitrogens is 2. The van der Waals surface area contributed by atoms with Crippen molar-refractivity contribution in [2.75, 3.05) is 5.75 Å². The summed E-state index contributed by atoms with van der Waals surface area (Å²) in [5, 5.41) is 11.2. The van der Waals surface area contributed by atoms with Gasteiger partial charge in [0.1, 0.15) is 0 Å². The number of amides is 1. The monoisotopic (exact) mass is 369 g/mol. The summed E-state index contributed by atoms with van der Waals surface area (Å²) in [6.45, 7) is 5.81. The second-order valence-corrected chi connectivity index (χ2v) is 7.22. The number of hydrogen-bond acceptors (Lipinski definition) is 5. The van der Waals surface area contributed by atoms with Crippen LogP contribution in [-0.2, 0) is 4.79 Å². The second-order valence-electron chi connectivity index (χ2n) is 5.44. The highest BCUT2D eigenvalue weighted by atomic mass is 79.9. The Morgan fingerprint density at radius 1 is 1.33 bits per heavy atom. The number of carbonyl (C=O) groups excluding carboxylic acids is 1. The van der Waals surface area contributed by atoms with E-state index in [-0.39, 0.29) is 17.2 Å². The van der Waals surface area contributed by atoms with Gasteiger partial charge in [0.15, 0.2) is 0 Å². The molecule has 0 unspecified atom stereocenters. The highest BCUT2D eigenvalue weighted by Crippen LogP contribution is 2.28. The number of nitrogens with zero attached hydrogens (tertiary/aromatic N) is 2. The van der Waals surface area contributed by atoms with Crippen LogP contribution < -0.4 is 5.32 Å². The second kappa shape index (κ2) is 6.62. The minimum atomic E-state index is -0.244. The van der Waals surface area contributed by atoms with E-state index < -0.39 is 0 Å². The van der Waals surface area contributed by atoms with Crippen molar-refractivity contribution < 1.29 is 9.21 Å². The largest absolute Gasteiger partial charge is 0.411 e. The van der Waals surface area contributed by atoms with Gasteiger partial charge in [0.05, 0.1) is 11.3 Å². The lowest BCUT2D eigenvalue weighted by atomic mass is 10.1. The molecule has 2 aromatic rings. The van der Waals surface area contributed by atoms with Gasteiger partial charge in [-0.15, -0.1) is 10.2 Å². The minimum absolute atomic E-state index is 0.0619. The Labute approximate surface area is 136 Å². The molecule has 0 aliphatic carbocycles. The minimum Gasteiger partial charge on any atom is -0.411 e. The van der Waals surface area contributed by atoms with E-state index in [2.05, 4.69) is 31.4 Å². The number of rotatable bonds is 4. The highest BCUT2D eigenvalue weighted by molar-refractivity contribution is 9.10. The molecule has 0 aliphatic rings. The molecule has 7 heteroatoms. The van der Waals surface area contributed by atoms with Gasteiger partial charge in [-0.05, 0) is 48.8 Å². The lowest BCUT2D eigenvalue weighted by molar-refractivity contribution is -0.119. The Morgan fingerprint density at radius 3 is 2.71 bits per heavy atom. The van der Waals surface area contributed by atoms with Crippen LogP contribution in [0.15, 0.2) is 38.4 Å². The smallest absolute Gasteiger partial charge is 0.277 e. The van der Waals surface area contributed by atoms with Crippen LogP contribution in [0.2, 0.25) is 0 Å². The first-order valence-corrected chi connectivity index (χ1v) is 8.15. The van der Waals surface area contributed by atoms with Crippen molar-refractivity contribution in [3.8, 4) is 11.5 Å². The Balaban J connectivity index is 1.98. The summed E-state index contributed by atoms with van der Waals surface area (Å²) in [5.74, 6) is 0.615. The molecule has 1 aromatic carbocycles. The van der Waals surface area contributed by atoms with Gasteiger partial charge in [0, 0.05) is 10.0 Å². The third-order valence-electron chi connectivity index (χ3n) is 2.35. The summed E-state index contributed by atoms with van der Waals surface area (Å²) >= 11 is 4.66. The van der Waals surface area contributed by atoms with Crippen LogP contribution in [0, 0.1) is 0 Å². The standard InChI is InChI=1S/C14H16BrN3O2S/c1-14(2,3)16-11(19)8-21-13-18-17-12(20-13)9-6-4-5-7-10(9)15/h4-7H,8H2,1-3H3,(H,16,19). The van der Waals surface area contributed by atoms with Gasteiger partial charge in [0.2, 0.25) is 11.8 Å². The number of nitrogens with one attached hydrogen (secondary N) is 1. The van der Waals surface area contributed by atoms with Crippen LogP contribution in [0.5, 0.6) is 0 Å². The first-order chi connectivity index (χ1) is 9.85. The molecule has 0 saturated carbocycles. The summed E-state index contributed by atoms with van der Waals surface area (Å²) in [4.78, 5) is 11.7. The number of benzene rings is 1. The maximum Gasteiger partial charge on any atom is 0.277 e. The summed E-state index contributed by atoms with van der Waals surface area (Å²) in [7, 11) is 0. The molecule has 0 atom stereocenters. The van der Waals surface area contributed by atoms with Crippen molar-refractivity contribution in [3.05, 3.63) is 28.7 Å². The third kappa shape index (κ3) is 4.86. The van der Waals surface area contributed by atoms with Gasteiger partial charge in [-0.2, -0.15) is 0 Å². The summed E-state index contributed by atoms with van der Waals surface area (Å²) in [6, 6.07) is 7.60. The molecule has 1 heterocycles. The molecule has 5 nitrogen and oxygen atoms in total. The SMILES string of the molecule is CC(C)(C)NC(=O)CSc1nnc(-c2ccccc2Br)o1. The Bertz CT molecular complexity index is 637. The molecule has 0 spiro atoms. The van der Waals surface area contributed by atoms with Crippen molar-refractivity contribution in [2.45, 2.75) is 31.5 Å². The van der Waals surface area contributed by atoms with E-state index in [0.717, 1.165) is 10.0 Å². The summed E-state index contributed by atoms with van der Waals surface area (Å²) < 4.78 is 6.45. The molecule has 1 amide bonds. The zero-order valence-electron chi connectivity index (χ0n) is 12.0. The molecular weight excluding hydrogens is 354 g/mol. The lowest BCUT2D eigenvalue weighted by Gasteiger charge is -2.19. The van der Waals surface area contributed by atoms with Gasteiger partial charge in [-0.3, -0.25) is 4.79 Å². The molecule has 0 saturated heterocycles. The average Bonchev–Trinajstić information content (AvgIpc) is 2.83. The normalized spacial score (nSPS) is 11.4. The fourth-order valence-electron chi connectivity index (χ4n) is 1.59. The van der Waals surface area contributed by atoms with E-state index in [1.165, 1.54) is 11.8 Å². The summed E-state index contributed by atoms with van der Waals surface area (Å²) in [6.07, 6.45) is 0. The Hall–Kier alpha value is -1.34. The van der Waals surface area contributed by atoms with E-state index in [1.54, 1.807) is 0 Å². The van der Waals surface area contributed by atoms with E-state index in [1.807, 2.05) is 45.0 Å². The van der Waals surface area contributed by atoms with Crippen molar-refractivity contribution in [2.24, 2.45) is 0 Å². The zero-order valence-corrected chi connectivity index (χ0v) is 14.4. The molecule has 0 aliphatic heterocycles. The van der Waals surface area contributed by atoms with Crippen LogP contribution in [0.4, 0.5) is 0 Å². The fraction of sp³-hybridized carbons (Fsp3) is 0.357. The van der Waals surface area contributed by atoms with Crippen LogP contribution >= 0.6 is 27.7 Å². The molecule has 112 valence electrons. The van der Waals surface area contributed by atoms with Crippen molar-refractivity contribution >= 4 is 33.6 Å². The maximum absolute atomic E-state index is 11.7. The number of hydrogen-bond donors (Lipinski definition) is 1. The van der Waals surface area contributed by atoms with Crippen molar-refractivity contribution in [3.63, 3.8) is 0 Å². The molecular formula is C14H16BrN3O2S. The van der Waals surface area contributed by atoms with E-state index in [9.17, 15) is 4.79 Å². The van der Waals surface area contributed by atoms with E-state index >= 15 is 0 Å². The zero-order chi connectivity index (χ0) is 15.5. The lowest BCUT2D eigenvalue weighted by Crippen LogP contribution is -2.41. The Morgan fingerprint density at radius 2 is 2.05 bits per heavy atom. The van der Waals surface area contributed by atoms with Crippen LogP contribution in [0.25, 0.3) is 11.5 Å². The van der Waals surface area contributed by atoms with E-state index in [4.69, 9.17) is 4.42 Å². The first kappa shape index (κ1) is 16.0. The molecule has 2 rings (SSSR count). The van der Waals surface area contributed by atoms with Crippen LogP contribution in [0.3, 0.4) is 0 Å². The summed E-state index contributed by atoms with van der Waals surface area (Å²) in [5.41, 5.74) is 0.586. The van der Waals surface area contributed by atoms with Crippen molar-refractivity contribution in [1.82, 2.24) is 15.5 Å². The molecule has 1 N–H and O–H groups in total. The average molecular weight is 370 g/mol. The first-order valence-electron chi connectivity index (χ1n) is 6.37. The van der Waals surface area contributed by atoms with Gasteiger partial charge < -0.3 is 9.73 Å². The molecule has 0 radical (unpaired) electrons.